The van der Waals surface area contributed by atoms with E-state index in [4.69, 9.17) is 5.11 Å². The number of rotatable bonds is 7. The first kappa shape index (κ1) is 18.2. The molecule has 1 amide bonds. The average molecular weight is 341 g/mol. The van der Waals surface area contributed by atoms with Gasteiger partial charge >= 0.3 is 11.9 Å². The van der Waals surface area contributed by atoms with Gasteiger partial charge in [0.05, 0.1) is 16.7 Å². The first-order valence-corrected chi connectivity index (χ1v) is 7.93. The van der Waals surface area contributed by atoms with Crippen LogP contribution in [-0.2, 0) is 6.42 Å². The summed E-state index contributed by atoms with van der Waals surface area (Å²) in [6, 6.07) is 10.7. The van der Waals surface area contributed by atoms with Crippen molar-refractivity contribution < 1.29 is 24.6 Å². The first-order chi connectivity index (χ1) is 11.9. The fourth-order valence-corrected chi connectivity index (χ4v) is 2.39. The minimum atomic E-state index is -1.36. The Hall–Kier alpha value is -3.15. The van der Waals surface area contributed by atoms with Gasteiger partial charge in [0, 0.05) is 5.69 Å². The van der Waals surface area contributed by atoms with Crippen molar-refractivity contribution in [2.45, 2.75) is 26.2 Å². The van der Waals surface area contributed by atoms with E-state index in [1.807, 2.05) is 12.1 Å². The molecule has 0 atom stereocenters. The van der Waals surface area contributed by atoms with Crippen LogP contribution in [0.5, 0.6) is 0 Å². The van der Waals surface area contributed by atoms with Crippen molar-refractivity contribution >= 4 is 23.5 Å². The molecule has 130 valence electrons. The van der Waals surface area contributed by atoms with Crippen molar-refractivity contribution in [1.82, 2.24) is 0 Å². The molecule has 0 saturated heterocycles. The third-order valence-electron chi connectivity index (χ3n) is 3.77. The maximum absolute atomic E-state index is 12.4. The highest BCUT2D eigenvalue weighted by Gasteiger charge is 2.19. The second-order valence-electron chi connectivity index (χ2n) is 5.63. The Labute approximate surface area is 145 Å². The average Bonchev–Trinajstić information content (AvgIpc) is 2.60. The van der Waals surface area contributed by atoms with E-state index >= 15 is 0 Å². The molecule has 0 aliphatic rings. The Kier molecular flexibility index (Phi) is 5.89. The van der Waals surface area contributed by atoms with Crippen molar-refractivity contribution in [2.75, 3.05) is 5.32 Å². The number of anilines is 1. The number of hydrogen-bond acceptors (Lipinski definition) is 3. The van der Waals surface area contributed by atoms with Gasteiger partial charge in [0.15, 0.2) is 0 Å². The quantitative estimate of drug-likeness (QED) is 0.713. The zero-order chi connectivity index (χ0) is 18.4. The van der Waals surface area contributed by atoms with Gasteiger partial charge in [-0.3, -0.25) is 4.79 Å². The van der Waals surface area contributed by atoms with Crippen LogP contribution in [0.2, 0.25) is 0 Å². The molecule has 25 heavy (non-hydrogen) atoms. The van der Waals surface area contributed by atoms with Gasteiger partial charge in [-0.15, -0.1) is 0 Å². The van der Waals surface area contributed by atoms with Crippen LogP contribution < -0.4 is 5.32 Å². The van der Waals surface area contributed by atoms with Crippen molar-refractivity contribution in [3.8, 4) is 0 Å². The summed E-state index contributed by atoms with van der Waals surface area (Å²) >= 11 is 0. The van der Waals surface area contributed by atoms with Gasteiger partial charge < -0.3 is 15.5 Å². The van der Waals surface area contributed by atoms with Gasteiger partial charge in [-0.05, 0) is 48.7 Å². The van der Waals surface area contributed by atoms with Gasteiger partial charge in [0.1, 0.15) is 0 Å². The van der Waals surface area contributed by atoms with Gasteiger partial charge in [-0.1, -0.05) is 25.5 Å². The maximum Gasteiger partial charge on any atom is 0.336 e. The molecule has 6 nitrogen and oxygen atoms in total. The lowest BCUT2D eigenvalue weighted by Gasteiger charge is -2.09. The Bertz CT molecular complexity index is 796. The zero-order valence-electron chi connectivity index (χ0n) is 13.8. The Balaban J connectivity index is 2.20. The number of hydrogen-bond donors (Lipinski definition) is 3. The van der Waals surface area contributed by atoms with E-state index in [-0.39, 0.29) is 16.7 Å². The number of carboxylic acid groups (broad SMARTS) is 2. The first-order valence-electron chi connectivity index (χ1n) is 7.93. The van der Waals surface area contributed by atoms with Crippen LogP contribution in [0.4, 0.5) is 5.69 Å². The summed E-state index contributed by atoms with van der Waals surface area (Å²) in [6.45, 7) is 2.12. The van der Waals surface area contributed by atoms with Crippen LogP contribution in [0.1, 0.15) is 56.4 Å². The molecule has 0 radical (unpaired) electrons. The van der Waals surface area contributed by atoms with E-state index < -0.39 is 17.8 Å². The lowest BCUT2D eigenvalue weighted by molar-refractivity contribution is 0.0692. The Morgan fingerprint density at radius 2 is 1.60 bits per heavy atom. The highest BCUT2D eigenvalue weighted by Crippen LogP contribution is 2.17. The van der Waals surface area contributed by atoms with Gasteiger partial charge in [-0.2, -0.15) is 0 Å². The highest BCUT2D eigenvalue weighted by atomic mass is 16.4. The number of amides is 1. The van der Waals surface area contributed by atoms with Gasteiger partial charge in [-0.25, -0.2) is 9.59 Å². The molecule has 0 heterocycles. The molecular formula is C19H19NO5. The van der Waals surface area contributed by atoms with Crippen LogP contribution in [0.25, 0.3) is 0 Å². The summed E-state index contributed by atoms with van der Waals surface area (Å²) in [5, 5.41) is 20.8. The second kappa shape index (κ2) is 8.10. The van der Waals surface area contributed by atoms with Gasteiger partial charge in [0.2, 0.25) is 0 Å². The third kappa shape index (κ3) is 4.67. The number of unbranched alkanes of at least 4 members (excludes halogenated alkanes) is 1. The second-order valence-corrected chi connectivity index (χ2v) is 5.63. The summed E-state index contributed by atoms with van der Waals surface area (Å²) in [6.07, 6.45) is 3.15. The molecule has 0 spiro atoms. The number of aryl methyl sites for hydroxylation is 1. The summed E-state index contributed by atoms with van der Waals surface area (Å²) in [5.74, 6) is -3.21. The molecule has 0 aliphatic heterocycles. The van der Waals surface area contributed by atoms with E-state index in [0.717, 1.165) is 30.9 Å². The Morgan fingerprint density at radius 1 is 0.920 bits per heavy atom. The van der Waals surface area contributed by atoms with Crippen molar-refractivity contribution in [3.05, 3.63) is 64.7 Å². The summed E-state index contributed by atoms with van der Waals surface area (Å²) in [7, 11) is 0. The number of aromatic carboxylic acids is 2. The van der Waals surface area contributed by atoms with E-state index in [2.05, 4.69) is 12.2 Å². The predicted octanol–water partition coefficient (Wildman–Crippen LogP) is 3.68. The topological polar surface area (TPSA) is 104 Å². The number of nitrogens with one attached hydrogen (secondary N) is 1. The fraction of sp³-hybridized carbons (Fsp3) is 0.211. The minimum Gasteiger partial charge on any atom is -0.478 e. The van der Waals surface area contributed by atoms with Crippen LogP contribution in [-0.4, -0.2) is 28.1 Å². The monoisotopic (exact) mass is 341 g/mol. The number of carbonyl (C=O) groups excluding carboxylic acids is 1. The van der Waals surface area contributed by atoms with Crippen LogP contribution in [0.15, 0.2) is 42.5 Å². The molecular weight excluding hydrogens is 322 g/mol. The molecule has 0 fully saturated rings. The molecule has 0 saturated carbocycles. The van der Waals surface area contributed by atoms with Crippen molar-refractivity contribution in [3.63, 3.8) is 0 Å². The molecule has 0 bridgehead atoms. The lowest BCUT2D eigenvalue weighted by atomic mass is 10.0. The van der Waals surface area contributed by atoms with Crippen molar-refractivity contribution in [1.29, 1.82) is 0 Å². The molecule has 0 unspecified atom stereocenters. The van der Waals surface area contributed by atoms with Crippen LogP contribution in [0, 0.1) is 0 Å². The molecule has 2 rings (SSSR count). The lowest BCUT2D eigenvalue weighted by Crippen LogP contribution is -2.17. The zero-order valence-corrected chi connectivity index (χ0v) is 13.8. The van der Waals surface area contributed by atoms with Crippen LogP contribution >= 0.6 is 0 Å². The number of benzene rings is 2. The summed E-state index contributed by atoms with van der Waals surface area (Å²) in [4.78, 5) is 34.6. The van der Waals surface area contributed by atoms with Crippen LogP contribution in [0.3, 0.4) is 0 Å². The molecule has 3 N–H and O–H groups in total. The minimum absolute atomic E-state index is 0.0902. The normalized spacial score (nSPS) is 10.3. The molecule has 2 aromatic carbocycles. The molecule has 6 heteroatoms. The largest absolute Gasteiger partial charge is 0.478 e. The highest BCUT2D eigenvalue weighted by molar-refractivity contribution is 6.11. The molecule has 0 aliphatic carbocycles. The number of carbonyl (C=O) groups is 3. The van der Waals surface area contributed by atoms with E-state index in [1.165, 1.54) is 12.1 Å². The molecule has 2 aromatic rings. The summed E-state index contributed by atoms with van der Waals surface area (Å²) < 4.78 is 0. The predicted molar refractivity (Wildman–Crippen MR) is 93.4 cm³/mol. The van der Waals surface area contributed by atoms with E-state index in [9.17, 15) is 19.5 Å². The smallest absolute Gasteiger partial charge is 0.336 e. The van der Waals surface area contributed by atoms with E-state index in [1.54, 1.807) is 12.1 Å². The van der Waals surface area contributed by atoms with E-state index in [0.29, 0.717) is 5.69 Å². The van der Waals surface area contributed by atoms with Gasteiger partial charge in [0.25, 0.3) is 5.91 Å². The number of carboxylic acids is 2. The standard InChI is InChI=1S/C19H19NO5/c1-2-3-4-12-5-8-14(9-6-12)20-17(21)15-10-7-13(18(22)23)11-16(15)19(24)25/h5-11H,2-4H2,1H3,(H,20,21)(H,22,23)(H,24,25). The third-order valence-corrected chi connectivity index (χ3v) is 3.77. The molecule has 0 aromatic heterocycles. The summed E-state index contributed by atoms with van der Waals surface area (Å²) in [5.41, 5.74) is 1.08. The SMILES string of the molecule is CCCCc1ccc(NC(=O)c2ccc(C(=O)O)cc2C(=O)O)cc1. The fourth-order valence-electron chi connectivity index (χ4n) is 2.39. The Morgan fingerprint density at radius 3 is 2.16 bits per heavy atom. The van der Waals surface area contributed by atoms with Crippen molar-refractivity contribution in [2.24, 2.45) is 0 Å². The maximum atomic E-state index is 12.4.